The molecule has 0 saturated heterocycles. The van der Waals surface area contributed by atoms with E-state index in [2.05, 4.69) is 43.4 Å². The minimum Gasteiger partial charge on any atom is -0.508 e. The van der Waals surface area contributed by atoms with Gasteiger partial charge in [-0.05, 0) is 48.2 Å². The van der Waals surface area contributed by atoms with Crippen molar-refractivity contribution in [2.24, 2.45) is 0 Å². The summed E-state index contributed by atoms with van der Waals surface area (Å²) < 4.78 is 0. The number of aryl methyl sites for hydroxylation is 1. The van der Waals surface area contributed by atoms with Crippen molar-refractivity contribution in [3.05, 3.63) is 59.7 Å². The van der Waals surface area contributed by atoms with Crippen LogP contribution in [0.4, 0.5) is 5.69 Å². The van der Waals surface area contributed by atoms with Crippen LogP contribution >= 0.6 is 0 Å². The molecule has 0 spiro atoms. The van der Waals surface area contributed by atoms with Crippen molar-refractivity contribution in [3.8, 4) is 5.75 Å². The second-order valence-electron chi connectivity index (χ2n) is 5.14. The van der Waals surface area contributed by atoms with Crippen LogP contribution in [0.15, 0.2) is 48.5 Å². The van der Waals surface area contributed by atoms with Crippen molar-refractivity contribution in [1.29, 1.82) is 0 Å². The lowest BCUT2D eigenvalue weighted by atomic mass is 10.0. The fourth-order valence-electron chi connectivity index (χ4n) is 2.39. The maximum Gasteiger partial charge on any atom is 0.115 e. The average Bonchev–Trinajstić information content (AvgIpc) is 2.48. The maximum absolute atomic E-state index is 9.36. The number of hydrogen-bond acceptors (Lipinski definition) is 2. The molecule has 0 aliphatic rings. The van der Waals surface area contributed by atoms with Crippen molar-refractivity contribution in [3.63, 3.8) is 0 Å². The summed E-state index contributed by atoms with van der Waals surface area (Å²) >= 11 is 0. The Labute approximate surface area is 121 Å². The second kappa shape index (κ2) is 6.99. The van der Waals surface area contributed by atoms with E-state index in [9.17, 15) is 5.11 Å². The molecule has 2 heteroatoms. The SMILES string of the molecule is CCCc1ccc(NC(CC)c2ccc(O)cc2)cc1. The Balaban J connectivity index is 2.07. The molecule has 0 radical (unpaired) electrons. The molecule has 1 atom stereocenters. The molecule has 2 nitrogen and oxygen atoms in total. The van der Waals surface area contributed by atoms with Gasteiger partial charge in [0.15, 0.2) is 0 Å². The molecule has 0 fully saturated rings. The van der Waals surface area contributed by atoms with Crippen LogP contribution in [0, 0.1) is 0 Å². The molecule has 2 aromatic carbocycles. The Morgan fingerprint density at radius 3 is 2.15 bits per heavy atom. The summed E-state index contributed by atoms with van der Waals surface area (Å²) in [6.07, 6.45) is 3.31. The van der Waals surface area contributed by atoms with Crippen LogP contribution in [0.3, 0.4) is 0 Å². The van der Waals surface area contributed by atoms with Crippen LogP contribution in [0.25, 0.3) is 0 Å². The lowest BCUT2D eigenvalue weighted by molar-refractivity contribution is 0.475. The molecule has 2 aromatic rings. The van der Waals surface area contributed by atoms with Gasteiger partial charge >= 0.3 is 0 Å². The van der Waals surface area contributed by atoms with Crippen molar-refractivity contribution in [2.75, 3.05) is 5.32 Å². The third-order valence-corrected chi connectivity index (χ3v) is 3.54. The van der Waals surface area contributed by atoms with Gasteiger partial charge in [0.1, 0.15) is 5.75 Å². The molecular formula is C18H23NO. The third-order valence-electron chi connectivity index (χ3n) is 3.54. The molecule has 0 aliphatic carbocycles. The average molecular weight is 269 g/mol. The smallest absolute Gasteiger partial charge is 0.115 e. The summed E-state index contributed by atoms with van der Waals surface area (Å²) in [4.78, 5) is 0. The largest absolute Gasteiger partial charge is 0.508 e. The molecule has 0 aromatic heterocycles. The first-order valence-corrected chi connectivity index (χ1v) is 7.37. The van der Waals surface area contributed by atoms with Gasteiger partial charge in [-0.25, -0.2) is 0 Å². The maximum atomic E-state index is 9.36. The van der Waals surface area contributed by atoms with E-state index in [1.165, 1.54) is 17.5 Å². The highest BCUT2D eigenvalue weighted by atomic mass is 16.3. The molecular weight excluding hydrogens is 246 g/mol. The summed E-state index contributed by atoms with van der Waals surface area (Å²) in [6.45, 7) is 4.36. The number of hydrogen-bond donors (Lipinski definition) is 2. The third kappa shape index (κ3) is 3.77. The van der Waals surface area contributed by atoms with Crippen molar-refractivity contribution >= 4 is 5.69 Å². The zero-order valence-electron chi connectivity index (χ0n) is 12.3. The molecule has 20 heavy (non-hydrogen) atoms. The molecule has 1 unspecified atom stereocenters. The van der Waals surface area contributed by atoms with E-state index in [-0.39, 0.29) is 6.04 Å². The fraction of sp³-hybridized carbons (Fsp3) is 0.333. The zero-order valence-corrected chi connectivity index (χ0v) is 12.3. The highest BCUT2D eigenvalue weighted by Gasteiger charge is 2.08. The van der Waals surface area contributed by atoms with Gasteiger partial charge in [0.2, 0.25) is 0 Å². The Bertz CT molecular complexity index is 516. The van der Waals surface area contributed by atoms with Gasteiger partial charge < -0.3 is 10.4 Å². The number of rotatable bonds is 6. The standard InChI is InChI=1S/C18H23NO/c1-3-5-14-6-10-16(11-7-14)19-18(4-2)15-8-12-17(20)13-9-15/h6-13,18-20H,3-5H2,1-2H3. The number of nitrogens with one attached hydrogen (secondary N) is 1. The summed E-state index contributed by atoms with van der Waals surface area (Å²) in [5, 5.41) is 12.9. The number of phenolic OH excluding ortho intramolecular Hbond substituents is 1. The first-order chi connectivity index (χ1) is 9.72. The van der Waals surface area contributed by atoms with Gasteiger partial charge in [-0.2, -0.15) is 0 Å². The minimum absolute atomic E-state index is 0.271. The normalized spacial score (nSPS) is 12.1. The van der Waals surface area contributed by atoms with Gasteiger partial charge in [-0.1, -0.05) is 44.5 Å². The summed E-state index contributed by atoms with van der Waals surface area (Å²) in [5.74, 6) is 0.313. The Hall–Kier alpha value is -1.96. The van der Waals surface area contributed by atoms with Gasteiger partial charge in [0.25, 0.3) is 0 Å². The molecule has 2 rings (SSSR count). The van der Waals surface area contributed by atoms with E-state index >= 15 is 0 Å². The van der Waals surface area contributed by atoms with Crippen LogP contribution in [-0.4, -0.2) is 5.11 Å². The van der Waals surface area contributed by atoms with E-state index < -0.39 is 0 Å². The van der Waals surface area contributed by atoms with Crippen LogP contribution in [0.1, 0.15) is 43.9 Å². The predicted molar refractivity (Wildman–Crippen MR) is 85.2 cm³/mol. The first kappa shape index (κ1) is 14.4. The van der Waals surface area contributed by atoms with E-state index in [1.807, 2.05) is 12.1 Å². The Morgan fingerprint density at radius 1 is 0.950 bits per heavy atom. The summed E-state index contributed by atoms with van der Waals surface area (Å²) in [5.41, 5.74) is 3.73. The van der Waals surface area contributed by atoms with Crippen LogP contribution in [0.2, 0.25) is 0 Å². The van der Waals surface area contributed by atoms with E-state index in [0.29, 0.717) is 5.75 Å². The van der Waals surface area contributed by atoms with Crippen LogP contribution in [-0.2, 0) is 6.42 Å². The lowest BCUT2D eigenvalue weighted by Gasteiger charge is -2.19. The van der Waals surface area contributed by atoms with E-state index in [4.69, 9.17) is 0 Å². The molecule has 106 valence electrons. The Morgan fingerprint density at radius 2 is 1.60 bits per heavy atom. The number of phenols is 1. The second-order valence-corrected chi connectivity index (χ2v) is 5.14. The fourth-order valence-corrected chi connectivity index (χ4v) is 2.39. The predicted octanol–water partition coefficient (Wildman–Crippen LogP) is 4.91. The highest BCUT2D eigenvalue weighted by Crippen LogP contribution is 2.24. The van der Waals surface area contributed by atoms with Gasteiger partial charge in [-0.15, -0.1) is 0 Å². The molecule has 2 N–H and O–H groups in total. The van der Waals surface area contributed by atoms with Crippen LogP contribution in [0.5, 0.6) is 5.75 Å². The van der Waals surface area contributed by atoms with Gasteiger partial charge in [0, 0.05) is 5.69 Å². The van der Waals surface area contributed by atoms with Gasteiger partial charge in [0.05, 0.1) is 6.04 Å². The molecule has 0 amide bonds. The minimum atomic E-state index is 0.271. The monoisotopic (exact) mass is 269 g/mol. The van der Waals surface area contributed by atoms with Crippen molar-refractivity contribution in [2.45, 2.75) is 39.2 Å². The molecule has 0 bridgehead atoms. The molecule has 0 saturated carbocycles. The number of anilines is 1. The van der Waals surface area contributed by atoms with Crippen molar-refractivity contribution in [1.82, 2.24) is 0 Å². The first-order valence-electron chi connectivity index (χ1n) is 7.37. The number of benzene rings is 2. The zero-order chi connectivity index (χ0) is 14.4. The quantitative estimate of drug-likeness (QED) is 0.781. The molecule has 0 heterocycles. The highest BCUT2D eigenvalue weighted by molar-refractivity contribution is 5.47. The van der Waals surface area contributed by atoms with E-state index in [0.717, 1.165) is 18.5 Å². The van der Waals surface area contributed by atoms with Crippen molar-refractivity contribution < 1.29 is 5.11 Å². The number of aromatic hydroxyl groups is 1. The van der Waals surface area contributed by atoms with E-state index in [1.54, 1.807) is 12.1 Å². The molecule has 0 aliphatic heterocycles. The summed E-state index contributed by atoms with van der Waals surface area (Å²) in [7, 11) is 0. The van der Waals surface area contributed by atoms with Gasteiger partial charge in [-0.3, -0.25) is 0 Å². The van der Waals surface area contributed by atoms with Crippen LogP contribution < -0.4 is 5.32 Å². The Kier molecular flexibility index (Phi) is 5.05. The topological polar surface area (TPSA) is 32.3 Å². The summed E-state index contributed by atoms with van der Waals surface area (Å²) in [6, 6.07) is 16.4. The lowest BCUT2D eigenvalue weighted by Crippen LogP contribution is -2.09.